The maximum atomic E-state index is 5.73. The third-order valence-electron chi connectivity index (χ3n) is 2.65. The van der Waals surface area contributed by atoms with Gasteiger partial charge in [-0.2, -0.15) is 0 Å². The second-order valence-electron chi connectivity index (χ2n) is 3.90. The first-order valence-electron chi connectivity index (χ1n) is 5.82. The molecule has 0 N–H and O–H groups in total. The molecule has 2 aliphatic heterocycles. The van der Waals surface area contributed by atoms with Crippen molar-refractivity contribution in [3.63, 3.8) is 0 Å². The van der Waals surface area contributed by atoms with Crippen molar-refractivity contribution in [1.29, 1.82) is 0 Å². The highest BCUT2D eigenvalue weighted by Crippen LogP contribution is 2.42. The van der Waals surface area contributed by atoms with Gasteiger partial charge in [0.2, 0.25) is 5.75 Å². The van der Waals surface area contributed by atoms with Gasteiger partial charge in [0.15, 0.2) is 11.5 Å². The highest BCUT2D eigenvalue weighted by Gasteiger charge is 2.37. The van der Waals surface area contributed by atoms with Crippen LogP contribution in [0.5, 0.6) is 17.2 Å². The van der Waals surface area contributed by atoms with Crippen LogP contribution in [0, 0.1) is 0 Å². The highest BCUT2D eigenvalue weighted by atomic mass is 16.8. The van der Waals surface area contributed by atoms with Crippen molar-refractivity contribution in [2.24, 2.45) is 0 Å². The number of hydrogen-bond acceptors (Lipinski definition) is 5. The van der Waals surface area contributed by atoms with Crippen LogP contribution < -0.4 is 14.2 Å². The van der Waals surface area contributed by atoms with Crippen molar-refractivity contribution in [1.82, 2.24) is 0 Å². The molecule has 0 bridgehead atoms. The van der Waals surface area contributed by atoms with Gasteiger partial charge >= 0.3 is 0 Å². The van der Waals surface area contributed by atoms with Crippen LogP contribution in [0.25, 0.3) is 0 Å². The topological polar surface area (TPSA) is 46.2 Å². The smallest absolute Gasteiger partial charge is 0.263 e. The Bertz CT molecular complexity index is 445. The van der Waals surface area contributed by atoms with E-state index in [0.717, 1.165) is 0 Å². The van der Waals surface area contributed by atoms with E-state index >= 15 is 0 Å². The second-order valence-corrected chi connectivity index (χ2v) is 3.90. The third-order valence-corrected chi connectivity index (χ3v) is 2.65. The number of para-hydroxylation sites is 1. The van der Waals surface area contributed by atoms with Gasteiger partial charge in [0.05, 0.1) is 13.2 Å². The van der Waals surface area contributed by atoms with E-state index in [0.29, 0.717) is 37.1 Å². The van der Waals surface area contributed by atoms with Crippen LogP contribution >= 0.6 is 0 Å². The minimum Gasteiger partial charge on any atom is -0.486 e. The van der Waals surface area contributed by atoms with E-state index < -0.39 is 12.6 Å². The molecule has 2 aliphatic rings. The Labute approximate surface area is 105 Å². The van der Waals surface area contributed by atoms with E-state index in [2.05, 4.69) is 6.58 Å². The molecule has 5 heteroatoms. The van der Waals surface area contributed by atoms with Crippen molar-refractivity contribution >= 4 is 0 Å². The Morgan fingerprint density at radius 3 is 2.78 bits per heavy atom. The largest absolute Gasteiger partial charge is 0.486 e. The van der Waals surface area contributed by atoms with Gasteiger partial charge in [-0.3, -0.25) is 0 Å². The van der Waals surface area contributed by atoms with Crippen LogP contribution in [0.2, 0.25) is 0 Å². The van der Waals surface area contributed by atoms with Gasteiger partial charge in [-0.25, -0.2) is 0 Å². The average Bonchev–Trinajstić information content (AvgIpc) is 2.43. The maximum Gasteiger partial charge on any atom is 0.263 e. The van der Waals surface area contributed by atoms with Gasteiger partial charge in [-0.05, 0) is 12.1 Å². The zero-order chi connectivity index (χ0) is 12.4. The van der Waals surface area contributed by atoms with E-state index in [1.807, 2.05) is 18.2 Å². The van der Waals surface area contributed by atoms with Crippen molar-refractivity contribution in [3.05, 3.63) is 30.9 Å². The van der Waals surface area contributed by atoms with Gasteiger partial charge in [0, 0.05) is 0 Å². The first-order chi connectivity index (χ1) is 8.88. The monoisotopic (exact) mass is 250 g/mol. The third kappa shape index (κ3) is 2.02. The van der Waals surface area contributed by atoms with Crippen LogP contribution in [0.1, 0.15) is 0 Å². The molecule has 5 nitrogen and oxygen atoms in total. The van der Waals surface area contributed by atoms with Gasteiger partial charge < -0.3 is 23.7 Å². The SMILES string of the molecule is C=CCOc1cccc2c1OC1OCCOC1O2. The summed E-state index contributed by atoms with van der Waals surface area (Å²) in [6.45, 7) is 5.02. The quantitative estimate of drug-likeness (QED) is 0.764. The van der Waals surface area contributed by atoms with Crippen LogP contribution in [-0.2, 0) is 9.47 Å². The summed E-state index contributed by atoms with van der Waals surface area (Å²) >= 11 is 0. The lowest BCUT2D eigenvalue weighted by molar-refractivity contribution is -0.282. The van der Waals surface area contributed by atoms with E-state index in [4.69, 9.17) is 23.7 Å². The Morgan fingerprint density at radius 1 is 1.22 bits per heavy atom. The Kier molecular flexibility index (Phi) is 3.08. The zero-order valence-corrected chi connectivity index (χ0v) is 9.83. The summed E-state index contributed by atoms with van der Waals surface area (Å²) in [5.74, 6) is 1.76. The second kappa shape index (κ2) is 4.88. The number of rotatable bonds is 3. The van der Waals surface area contributed by atoms with Crippen molar-refractivity contribution in [3.8, 4) is 17.2 Å². The van der Waals surface area contributed by atoms with Gasteiger partial charge in [-0.15, -0.1) is 0 Å². The summed E-state index contributed by atoms with van der Waals surface area (Å²) in [4.78, 5) is 0. The lowest BCUT2D eigenvalue weighted by atomic mass is 10.2. The summed E-state index contributed by atoms with van der Waals surface area (Å²) in [7, 11) is 0. The molecule has 96 valence electrons. The number of fused-ring (bicyclic) bond motifs is 2. The summed E-state index contributed by atoms with van der Waals surface area (Å²) < 4.78 is 27.8. The molecule has 1 saturated heterocycles. The first-order valence-corrected chi connectivity index (χ1v) is 5.82. The predicted molar refractivity (Wildman–Crippen MR) is 62.9 cm³/mol. The van der Waals surface area contributed by atoms with Crippen molar-refractivity contribution in [2.45, 2.75) is 12.6 Å². The van der Waals surface area contributed by atoms with Gasteiger partial charge in [0.25, 0.3) is 12.6 Å². The first kappa shape index (κ1) is 11.4. The Morgan fingerprint density at radius 2 is 2.00 bits per heavy atom. The fourth-order valence-corrected chi connectivity index (χ4v) is 1.87. The van der Waals surface area contributed by atoms with Crippen molar-refractivity contribution in [2.75, 3.05) is 19.8 Å². The zero-order valence-electron chi connectivity index (χ0n) is 9.83. The van der Waals surface area contributed by atoms with Crippen LogP contribution in [0.4, 0.5) is 0 Å². The summed E-state index contributed by atoms with van der Waals surface area (Å²) in [5.41, 5.74) is 0. The molecule has 2 unspecified atom stereocenters. The molecular weight excluding hydrogens is 236 g/mol. The Hall–Kier alpha value is -1.72. The fourth-order valence-electron chi connectivity index (χ4n) is 1.87. The number of hydrogen-bond donors (Lipinski definition) is 0. The summed E-state index contributed by atoms with van der Waals surface area (Å²) in [5, 5.41) is 0. The molecule has 2 heterocycles. The molecule has 1 fully saturated rings. The maximum absolute atomic E-state index is 5.73. The molecule has 0 saturated carbocycles. The lowest BCUT2D eigenvalue weighted by Crippen LogP contribution is -2.47. The molecule has 0 spiro atoms. The predicted octanol–water partition coefficient (Wildman–Crippen LogP) is 1.72. The molecule has 2 atom stereocenters. The lowest BCUT2D eigenvalue weighted by Gasteiger charge is -2.36. The number of ether oxygens (including phenoxy) is 5. The molecular formula is C13H14O5. The van der Waals surface area contributed by atoms with E-state index in [1.54, 1.807) is 6.08 Å². The average molecular weight is 250 g/mol. The molecule has 1 aromatic rings. The highest BCUT2D eigenvalue weighted by molar-refractivity contribution is 5.52. The summed E-state index contributed by atoms with van der Waals surface area (Å²) in [6.07, 6.45) is 0.618. The normalized spacial score (nSPS) is 25.1. The van der Waals surface area contributed by atoms with E-state index in [1.165, 1.54) is 0 Å². The van der Waals surface area contributed by atoms with Crippen LogP contribution in [0.15, 0.2) is 30.9 Å². The van der Waals surface area contributed by atoms with E-state index in [-0.39, 0.29) is 0 Å². The number of benzene rings is 1. The van der Waals surface area contributed by atoms with Gasteiger partial charge in [0.1, 0.15) is 6.61 Å². The molecule has 3 rings (SSSR count). The van der Waals surface area contributed by atoms with Crippen LogP contribution in [0.3, 0.4) is 0 Å². The molecule has 0 aromatic heterocycles. The fraction of sp³-hybridized carbons (Fsp3) is 0.385. The minimum absolute atomic E-state index is 0.408. The Balaban J connectivity index is 1.87. The van der Waals surface area contributed by atoms with Crippen molar-refractivity contribution < 1.29 is 23.7 Å². The molecule has 18 heavy (non-hydrogen) atoms. The molecule has 1 aromatic carbocycles. The standard InChI is InChI=1S/C13H14O5/c1-2-6-14-9-4-3-5-10-11(9)18-13-12(17-10)15-7-8-16-13/h2-5,12-13H,1,6-8H2. The molecule has 0 aliphatic carbocycles. The molecule has 0 radical (unpaired) electrons. The minimum atomic E-state index is -0.542. The van der Waals surface area contributed by atoms with Crippen LogP contribution in [-0.4, -0.2) is 32.4 Å². The van der Waals surface area contributed by atoms with E-state index in [9.17, 15) is 0 Å². The summed E-state index contributed by atoms with van der Waals surface area (Å²) in [6, 6.07) is 5.46. The molecule has 0 amide bonds. The van der Waals surface area contributed by atoms with Gasteiger partial charge in [-0.1, -0.05) is 18.7 Å².